The average molecular weight is 349 g/mol. The summed E-state index contributed by atoms with van der Waals surface area (Å²) < 4.78 is 1.09. The van der Waals surface area contributed by atoms with E-state index in [1.165, 1.54) is 6.21 Å². The van der Waals surface area contributed by atoms with Crippen LogP contribution in [-0.2, 0) is 6.42 Å². The number of aromatic amines is 1. The Morgan fingerprint density at radius 1 is 1.12 bits per heavy atom. The molecule has 0 aliphatic rings. The topological polar surface area (TPSA) is 87.4 Å². The number of hydrogen-bond acceptors (Lipinski definition) is 4. The normalized spacial score (nSPS) is 11.2. The average Bonchev–Trinajstić information content (AvgIpc) is 2.63. The molecule has 1 heterocycles. The van der Waals surface area contributed by atoms with Gasteiger partial charge in [0.15, 0.2) is 0 Å². The van der Waals surface area contributed by atoms with Crippen molar-refractivity contribution in [2.75, 3.05) is 0 Å². The molecule has 0 saturated heterocycles. The highest BCUT2D eigenvalue weighted by atomic mass is 16.3. The van der Waals surface area contributed by atoms with Crippen LogP contribution in [0.3, 0.4) is 0 Å². The van der Waals surface area contributed by atoms with Crippen molar-refractivity contribution in [2.24, 2.45) is 4.99 Å². The number of aromatic nitrogens is 2. The van der Waals surface area contributed by atoms with Gasteiger partial charge in [-0.05, 0) is 37.1 Å². The summed E-state index contributed by atoms with van der Waals surface area (Å²) in [6, 6.07) is 14.6. The maximum absolute atomic E-state index is 12.3. The molecule has 3 rings (SSSR count). The van der Waals surface area contributed by atoms with Crippen molar-refractivity contribution < 1.29 is 5.11 Å². The predicted molar refractivity (Wildman–Crippen MR) is 102 cm³/mol. The SMILES string of the molecule is CCc1ccccc1-n1c(O)c(C=Nc2ccc(C)cc2)c(=O)[nH]c1=O. The Hall–Kier alpha value is -3.41. The van der Waals surface area contributed by atoms with Gasteiger partial charge in [-0.1, -0.05) is 42.8 Å². The molecule has 6 heteroatoms. The standard InChI is InChI=1S/C20H19N3O3/c1-3-14-6-4-5-7-17(14)23-19(25)16(18(24)22-20(23)26)12-21-15-10-8-13(2)9-11-15/h4-12,25H,3H2,1-2H3,(H,22,24,26). The molecule has 0 saturated carbocycles. The van der Waals surface area contributed by atoms with Gasteiger partial charge in [0.1, 0.15) is 5.56 Å². The number of nitrogens with one attached hydrogen (secondary N) is 1. The van der Waals surface area contributed by atoms with Gasteiger partial charge in [0.2, 0.25) is 5.88 Å². The second-order valence-electron chi connectivity index (χ2n) is 5.91. The van der Waals surface area contributed by atoms with Crippen LogP contribution >= 0.6 is 0 Å². The number of benzene rings is 2. The first kappa shape index (κ1) is 17.4. The summed E-state index contributed by atoms with van der Waals surface area (Å²) in [5, 5.41) is 10.6. The van der Waals surface area contributed by atoms with Gasteiger partial charge in [-0.25, -0.2) is 9.36 Å². The molecule has 0 atom stereocenters. The Bertz CT molecular complexity index is 1080. The highest BCUT2D eigenvalue weighted by Crippen LogP contribution is 2.20. The maximum atomic E-state index is 12.3. The number of H-pyrrole nitrogens is 1. The predicted octanol–water partition coefficient (Wildman–Crippen LogP) is 2.85. The number of hydrogen-bond donors (Lipinski definition) is 2. The number of nitrogens with zero attached hydrogens (tertiary/aromatic N) is 2. The number of aryl methyl sites for hydroxylation is 2. The highest BCUT2D eigenvalue weighted by molar-refractivity contribution is 5.84. The van der Waals surface area contributed by atoms with E-state index in [0.29, 0.717) is 17.8 Å². The number of aliphatic imine (C=N–C) groups is 1. The van der Waals surface area contributed by atoms with E-state index in [0.717, 1.165) is 15.7 Å². The second-order valence-corrected chi connectivity index (χ2v) is 5.91. The van der Waals surface area contributed by atoms with Crippen molar-refractivity contribution in [3.05, 3.63) is 86.1 Å². The first-order valence-corrected chi connectivity index (χ1v) is 8.28. The lowest BCUT2D eigenvalue weighted by Gasteiger charge is -2.13. The number of rotatable bonds is 4. The first-order chi connectivity index (χ1) is 12.5. The van der Waals surface area contributed by atoms with E-state index >= 15 is 0 Å². The zero-order valence-electron chi connectivity index (χ0n) is 14.6. The van der Waals surface area contributed by atoms with Gasteiger partial charge in [0, 0.05) is 6.21 Å². The Morgan fingerprint density at radius 2 is 1.81 bits per heavy atom. The van der Waals surface area contributed by atoms with Gasteiger partial charge in [-0.2, -0.15) is 0 Å². The van der Waals surface area contributed by atoms with Crippen LogP contribution < -0.4 is 11.2 Å². The fourth-order valence-corrected chi connectivity index (χ4v) is 2.68. The van der Waals surface area contributed by atoms with E-state index in [-0.39, 0.29) is 5.56 Å². The molecule has 3 aromatic rings. The molecule has 2 aromatic carbocycles. The lowest BCUT2D eigenvalue weighted by Crippen LogP contribution is -2.31. The molecule has 0 spiro atoms. The molecule has 0 amide bonds. The maximum Gasteiger partial charge on any atom is 0.335 e. The molecule has 26 heavy (non-hydrogen) atoms. The summed E-state index contributed by atoms with van der Waals surface area (Å²) in [6.07, 6.45) is 1.94. The third kappa shape index (κ3) is 3.35. The molecular formula is C20H19N3O3. The van der Waals surface area contributed by atoms with E-state index in [4.69, 9.17) is 0 Å². The third-order valence-corrected chi connectivity index (χ3v) is 4.11. The fourth-order valence-electron chi connectivity index (χ4n) is 2.68. The molecule has 1 aromatic heterocycles. The molecular weight excluding hydrogens is 330 g/mol. The summed E-state index contributed by atoms with van der Waals surface area (Å²) in [5.74, 6) is -0.435. The highest BCUT2D eigenvalue weighted by Gasteiger charge is 2.15. The van der Waals surface area contributed by atoms with E-state index in [1.54, 1.807) is 24.3 Å². The molecule has 0 aliphatic heterocycles. The summed E-state index contributed by atoms with van der Waals surface area (Å²) in [4.78, 5) is 30.9. The van der Waals surface area contributed by atoms with E-state index in [9.17, 15) is 14.7 Å². The quantitative estimate of drug-likeness (QED) is 0.710. The van der Waals surface area contributed by atoms with Crippen LogP contribution in [0.4, 0.5) is 5.69 Å². The Labute approximate surface area is 150 Å². The second kappa shape index (κ2) is 7.23. The van der Waals surface area contributed by atoms with Crippen LogP contribution in [0.5, 0.6) is 5.88 Å². The van der Waals surface area contributed by atoms with Crippen LogP contribution in [-0.4, -0.2) is 20.9 Å². The van der Waals surface area contributed by atoms with Crippen LogP contribution in [0, 0.1) is 6.92 Å². The fraction of sp³-hybridized carbons (Fsp3) is 0.150. The van der Waals surface area contributed by atoms with Crippen molar-refractivity contribution in [3.63, 3.8) is 0 Å². The summed E-state index contributed by atoms with van der Waals surface area (Å²) in [5.41, 5.74) is 1.68. The van der Waals surface area contributed by atoms with Gasteiger partial charge in [-0.3, -0.25) is 14.8 Å². The summed E-state index contributed by atoms with van der Waals surface area (Å²) in [6.45, 7) is 3.91. The smallest absolute Gasteiger partial charge is 0.335 e. The van der Waals surface area contributed by atoms with Gasteiger partial charge in [-0.15, -0.1) is 0 Å². The van der Waals surface area contributed by atoms with Crippen LogP contribution in [0.25, 0.3) is 5.69 Å². The number of para-hydroxylation sites is 1. The molecule has 0 unspecified atom stereocenters. The minimum atomic E-state index is -0.694. The lowest BCUT2D eigenvalue weighted by atomic mass is 10.1. The van der Waals surface area contributed by atoms with Crippen LogP contribution in [0.2, 0.25) is 0 Å². The van der Waals surface area contributed by atoms with Gasteiger partial charge >= 0.3 is 5.69 Å². The summed E-state index contributed by atoms with van der Waals surface area (Å²) >= 11 is 0. The lowest BCUT2D eigenvalue weighted by molar-refractivity contribution is 0.429. The molecule has 0 fully saturated rings. The van der Waals surface area contributed by atoms with Crippen molar-refractivity contribution in [2.45, 2.75) is 20.3 Å². The van der Waals surface area contributed by atoms with Crippen molar-refractivity contribution >= 4 is 11.9 Å². The third-order valence-electron chi connectivity index (χ3n) is 4.11. The molecule has 132 valence electrons. The van der Waals surface area contributed by atoms with Crippen LogP contribution in [0.1, 0.15) is 23.6 Å². The zero-order chi connectivity index (χ0) is 18.7. The minimum Gasteiger partial charge on any atom is -0.493 e. The van der Waals surface area contributed by atoms with Gasteiger partial charge in [0.05, 0.1) is 11.4 Å². The Kier molecular flexibility index (Phi) is 4.84. The van der Waals surface area contributed by atoms with E-state index in [1.807, 2.05) is 38.1 Å². The molecule has 0 bridgehead atoms. The van der Waals surface area contributed by atoms with Crippen molar-refractivity contribution in [3.8, 4) is 11.6 Å². The van der Waals surface area contributed by atoms with E-state index in [2.05, 4.69) is 9.98 Å². The molecule has 0 aliphatic carbocycles. The molecule has 6 nitrogen and oxygen atoms in total. The Balaban J connectivity index is 2.14. The zero-order valence-corrected chi connectivity index (χ0v) is 14.6. The van der Waals surface area contributed by atoms with Gasteiger partial charge < -0.3 is 5.11 Å². The van der Waals surface area contributed by atoms with E-state index < -0.39 is 17.1 Å². The largest absolute Gasteiger partial charge is 0.493 e. The first-order valence-electron chi connectivity index (χ1n) is 8.28. The Morgan fingerprint density at radius 3 is 2.50 bits per heavy atom. The summed E-state index contributed by atoms with van der Waals surface area (Å²) in [7, 11) is 0. The van der Waals surface area contributed by atoms with Crippen molar-refractivity contribution in [1.82, 2.24) is 9.55 Å². The minimum absolute atomic E-state index is 0.0731. The van der Waals surface area contributed by atoms with Crippen molar-refractivity contribution in [1.29, 1.82) is 0 Å². The molecule has 0 radical (unpaired) electrons. The van der Waals surface area contributed by atoms with Crippen LogP contribution in [0.15, 0.2) is 63.1 Å². The monoisotopic (exact) mass is 349 g/mol. The molecule has 2 N–H and O–H groups in total. The van der Waals surface area contributed by atoms with Gasteiger partial charge in [0.25, 0.3) is 5.56 Å². The number of aromatic hydroxyl groups is 1.